The van der Waals surface area contributed by atoms with Gasteiger partial charge < -0.3 is 10.5 Å². The topological polar surface area (TPSA) is 52.3 Å². The zero-order chi connectivity index (χ0) is 14.7. The minimum Gasteiger partial charge on any atom is -0.486 e. The normalized spacial score (nSPS) is 10.3. The number of ether oxygens (including phenoxy) is 1. The van der Waals surface area contributed by atoms with Gasteiger partial charge in [-0.15, -0.1) is 0 Å². The van der Waals surface area contributed by atoms with E-state index in [1.807, 2.05) is 0 Å². The van der Waals surface area contributed by atoms with Gasteiger partial charge in [-0.1, -0.05) is 34.1 Å². The molecule has 0 atom stereocenters. The van der Waals surface area contributed by atoms with E-state index in [0.29, 0.717) is 10.0 Å². The van der Waals surface area contributed by atoms with E-state index in [1.54, 1.807) is 24.3 Å². The van der Waals surface area contributed by atoms with Crippen LogP contribution in [0.3, 0.4) is 0 Å². The number of amides is 1. The first kappa shape index (κ1) is 14.5. The summed E-state index contributed by atoms with van der Waals surface area (Å²) in [5.74, 6) is -2.94. The van der Waals surface area contributed by atoms with Crippen molar-refractivity contribution in [2.45, 2.75) is 6.61 Å². The molecule has 0 fully saturated rings. The standard InChI is InChI=1S/C14H10BrF2NO2/c15-9-5-11(16)13(17)12(6-9)20-7-8-3-1-2-4-10(8)14(18)19/h1-6H,7H2,(H2,18,19). The van der Waals surface area contributed by atoms with Crippen LogP contribution in [-0.2, 0) is 6.61 Å². The van der Waals surface area contributed by atoms with Crippen LogP contribution in [0.15, 0.2) is 40.9 Å². The Balaban J connectivity index is 2.24. The predicted molar refractivity (Wildman–Crippen MR) is 73.3 cm³/mol. The molecule has 2 N–H and O–H groups in total. The minimum atomic E-state index is -1.08. The highest BCUT2D eigenvalue weighted by molar-refractivity contribution is 9.10. The van der Waals surface area contributed by atoms with E-state index < -0.39 is 17.5 Å². The molecule has 0 saturated carbocycles. The molecular formula is C14H10BrF2NO2. The second-order valence-electron chi connectivity index (χ2n) is 4.01. The molecule has 6 heteroatoms. The lowest BCUT2D eigenvalue weighted by molar-refractivity contribution is 0.0998. The van der Waals surface area contributed by atoms with E-state index in [9.17, 15) is 13.6 Å². The third kappa shape index (κ3) is 3.14. The van der Waals surface area contributed by atoms with Crippen LogP contribution in [0.5, 0.6) is 5.75 Å². The molecule has 0 bridgehead atoms. The molecule has 0 aliphatic carbocycles. The van der Waals surface area contributed by atoms with Gasteiger partial charge in [0.15, 0.2) is 11.6 Å². The quantitative estimate of drug-likeness (QED) is 0.866. The molecule has 0 heterocycles. The summed E-state index contributed by atoms with van der Waals surface area (Å²) in [5, 5.41) is 0. The summed E-state index contributed by atoms with van der Waals surface area (Å²) < 4.78 is 32.3. The number of benzene rings is 2. The van der Waals surface area contributed by atoms with Crippen molar-refractivity contribution in [3.63, 3.8) is 0 Å². The Kier molecular flexibility index (Phi) is 4.34. The third-order valence-electron chi connectivity index (χ3n) is 2.63. The fraction of sp³-hybridized carbons (Fsp3) is 0.0714. The molecule has 0 saturated heterocycles. The molecule has 1 amide bonds. The van der Waals surface area contributed by atoms with E-state index in [2.05, 4.69) is 15.9 Å². The van der Waals surface area contributed by atoms with Crippen LogP contribution >= 0.6 is 15.9 Å². The van der Waals surface area contributed by atoms with Gasteiger partial charge in [-0.2, -0.15) is 4.39 Å². The molecule has 0 unspecified atom stereocenters. The maximum atomic E-state index is 13.5. The summed E-state index contributed by atoms with van der Waals surface area (Å²) in [6.07, 6.45) is 0. The summed E-state index contributed by atoms with van der Waals surface area (Å²) in [6.45, 7) is -0.0913. The Labute approximate surface area is 122 Å². The molecule has 0 aromatic heterocycles. The molecule has 3 nitrogen and oxygen atoms in total. The number of nitrogens with two attached hydrogens (primary N) is 1. The maximum absolute atomic E-state index is 13.5. The highest BCUT2D eigenvalue weighted by Gasteiger charge is 2.13. The number of rotatable bonds is 4. The second kappa shape index (κ2) is 6.00. The molecule has 0 spiro atoms. The number of hydrogen-bond donors (Lipinski definition) is 1. The van der Waals surface area contributed by atoms with Gasteiger partial charge in [0.25, 0.3) is 0 Å². The van der Waals surface area contributed by atoms with Crippen LogP contribution < -0.4 is 10.5 Å². The van der Waals surface area contributed by atoms with Gasteiger partial charge in [-0.3, -0.25) is 4.79 Å². The zero-order valence-electron chi connectivity index (χ0n) is 10.2. The van der Waals surface area contributed by atoms with Gasteiger partial charge in [-0.25, -0.2) is 4.39 Å². The van der Waals surface area contributed by atoms with Crippen molar-refractivity contribution in [2.75, 3.05) is 0 Å². The molecular weight excluding hydrogens is 332 g/mol. The first-order valence-electron chi connectivity index (χ1n) is 5.64. The Hall–Kier alpha value is -1.95. The smallest absolute Gasteiger partial charge is 0.249 e. The number of halogens is 3. The average Bonchev–Trinajstić information content (AvgIpc) is 2.41. The van der Waals surface area contributed by atoms with Crippen molar-refractivity contribution in [3.05, 3.63) is 63.6 Å². The zero-order valence-corrected chi connectivity index (χ0v) is 11.8. The monoisotopic (exact) mass is 341 g/mol. The number of primary amides is 1. The number of carbonyl (C=O) groups excluding carboxylic acids is 1. The van der Waals surface area contributed by atoms with E-state index in [1.165, 1.54) is 6.07 Å². The summed E-state index contributed by atoms with van der Waals surface area (Å²) in [7, 11) is 0. The summed E-state index contributed by atoms with van der Waals surface area (Å²) >= 11 is 3.05. The van der Waals surface area contributed by atoms with Gasteiger partial charge in [0.2, 0.25) is 11.7 Å². The highest BCUT2D eigenvalue weighted by Crippen LogP contribution is 2.26. The molecule has 0 radical (unpaired) electrons. The largest absolute Gasteiger partial charge is 0.486 e. The minimum absolute atomic E-state index is 0.0913. The van der Waals surface area contributed by atoms with Crippen LogP contribution in [-0.4, -0.2) is 5.91 Å². The van der Waals surface area contributed by atoms with Gasteiger partial charge in [0, 0.05) is 15.6 Å². The molecule has 2 aromatic carbocycles. The Bertz CT molecular complexity index is 662. The van der Waals surface area contributed by atoms with E-state index in [0.717, 1.165) is 6.07 Å². The van der Waals surface area contributed by atoms with Crippen molar-refractivity contribution >= 4 is 21.8 Å². The molecule has 0 aliphatic heterocycles. The SMILES string of the molecule is NC(=O)c1ccccc1COc1cc(Br)cc(F)c1F. The van der Waals surface area contributed by atoms with Gasteiger partial charge in [-0.05, 0) is 18.2 Å². The van der Waals surface area contributed by atoms with Gasteiger partial charge in [0.1, 0.15) is 6.61 Å². The molecule has 2 rings (SSSR count). The average molecular weight is 342 g/mol. The van der Waals surface area contributed by atoms with Crippen molar-refractivity contribution < 1.29 is 18.3 Å². The van der Waals surface area contributed by atoms with Crippen LogP contribution in [0.25, 0.3) is 0 Å². The summed E-state index contributed by atoms with van der Waals surface area (Å²) in [4.78, 5) is 11.2. The first-order chi connectivity index (χ1) is 9.49. The van der Waals surface area contributed by atoms with Crippen LogP contribution in [0.4, 0.5) is 8.78 Å². The van der Waals surface area contributed by atoms with E-state index >= 15 is 0 Å². The Morgan fingerprint density at radius 1 is 1.25 bits per heavy atom. The fourth-order valence-electron chi connectivity index (χ4n) is 1.68. The van der Waals surface area contributed by atoms with Crippen LogP contribution in [0, 0.1) is 11.6 Å². The molecule has 104 valence electrons. The number of carbonyl (C=O) groups is 1. The predicted octanol–water partition coefficient (Wildman–Crippen LogP) is 3.41. The second-order valence-corrected chi connectivity index (χ2v) is 4.93. The lowest BCUT2D eigenvalue weighted by Gasteiger charge is -2.10. The molecule has 2 aromatic rings. The third-order valence-corrected chi connectivity index (χ3v) is 3.08. The van der Waals surface area contributed by atoms with Crippen LogP contribution in [0.1, 0.15) is 15.9 Å². The Morgan fingerprint density at radius 3 is 2.65 bits per heavy atom. The van der Waals surface area contributed by atoms with Crippen molar-refractivity contribution in [1.82, 2.24) is 0 Å². The summed E-state index contributed by atoms with van der Waals surface area (Å²) in [6, 6.07) is 8.84. The lowest BCUT2D eigenvalue weighted by Crippen LogP contribution is -2.14. The molecule has 20 heavy (non-hydrogen) atoms. The number of hydrogen-bond acceptors (Lipinski definition) is 2. The highest BCUT2D eigenvalue weighted by atomic mass is 79.9. The molecule has 0 aliphatic rings. The first-order valence-corrected chi connectivity index (χ1v) is 6.43. The van der Waals surface area contributed by atoms with Crippen molar-refractivity contribution in [2.24, 2.45) is 5.73 Å². The van der Waals surface area contributed by atoms with Gasteiger partial charge in [0.05, 0.1) is 0 Å². The van der Waals surface area contributed by atoms with Crippen molar-refractivity contribution in [3.8, 4) is 5.75 Å². The fourth-order valence-corrected chi connectivity index (χ4v) is 2.09. The van der Waals surface area contributed by atoms with E-state index in [4.69, 9.17) is 10.5 Å². The maximum Gasteiger partial charge on any atom is 0.249 e. The van der Waals surface area contributed by atoms with Gasteiger partial charge >= 0.3 is 0 Å². The Morgan fingerprint density at radius 2 is 1.95 bits per heavy atom. The van der Waals surface area contributed by atoms with Crippen LogP contribution in [0.2, 0.25) is 0 Å². The lowest BCUT2D eigenvalue weighted by atomic mass is 10.1. The van der Waals surface area contributed by atoms with E-state index in [-0.39, 0.29) is 17.9 Å². The summed E-state index contributed by atoms with van der Waals surface area (Å²) in [5.41, 5.74) is 6.01. The van der Waals surface area contributed by atoms with Crippen molar-refractivity contribution in [1.29, 1.82) is 0 Å².